The SMILES string of the molecule is CCC1C(CN(CCCCNCc2cc3ccccc3[nH]2)C2CCCc3cccnc32)=Nc2ccccc21. The Bertz CT molecular complexity index is 1370. The van der Waals surface area contributed by atoms with Crippen LogP contribution < -0.4 is 5.32 Å². The lowest BCUT2D eigenvalue weighted by molar-refractivity contribution is 0.195. The van der Waals surface area contributed by atoms with E-state index in [1.165, 1.54) is 52.0 Å². The minimum absolute atomic E-state index is 0.378. The topological polar surface area (TPSA) is 56.3 Å². The van der Waals surface area contributed by atoms with Gasteiger partial charge in [-0.25, -0.2) is 0 Å². The first-order valence-corrected chi connectivity index (χ1v) is 14.4. The zero-order valence-electron chi connectivity index (χ0n) is 22.5. The maximum Gasteiger partial charge on any atom is 0.0668 e. The van der Waals surface area contributed by atoms with Gasteiger partial charge in [0.25, 0.3) is 0 Å². The fraction of sp³-hybridized carbons (Fsp3) is 0.394. The van der Waals surface area contributed by atoms with E-state index in [2.05, 4.69) is 88.9 Å². The molecule has 3 heterocycles. The largest absolute Gasteiger partial charge is 0.357 e. The van der Waals surface area contributed by atoms with Crippen LogP contribution >= 0.6 is 0 Å². The van der Waals surface area contributed by atoms with E-state index in [0.29, 0.717) is 12.0 Å². The Morgan fingerprint density at radius 2 is 1.92 bits per heavy atom. The Kier molecular flexibility index (Phi) is 7.66. The summed E-state index contributed by atoms with van der Waals surface area (Å²) in [5.41, 5.74) is 9.07. The summed E-state index contributed by atoms with van der Waals surface area (Å²) in [4.78, 5) is 16.2. The van der Waals surface area contributed by atoms with E-state index in [1.54, 1.807) is 0 Å². The number of rotatable bonds is 11. The Morgan fingerprint density at radius 1 is 1.03 bits per heavy atom. The van der Waals surface area contributed by atoms with Crippen LogP contribution in [0.1, 0.15) is 73.5 Å². The molecule has 1 aliphatic carbocycles. The molecule has 2 atom stereocenters. The van der Waals surface area contributed by atoms with E-state index >= 15 is 0 Å². The number of benzene rings is 2. The third-order valence-corrected chi connectivity index (χ3v) is 8.31. The van der Waals surface area contributed by atoms with Crippen molar-refractivity contribution < 1.29 is 0 Å². The van der Waals surface area contributed by atoms with Crippen LogP contribution in [0.2, 0.25) is 0 Å². The van der Waals surface area contributed by atoms with Gasteiger partial charge in [0.2, 0.25) is 0 Å². The molecule has 38 heavy (non-hydrogen) atoms. The predicted molar refractivity (Wildman–Crippen MR) is 157 cm³/mol. The minimum Gasteiger partial charge on any atom is -0.357 e. The fourth-order valence-corrected chi connectivity index (χ4v) is 6.41. The molecule has 0 radical (unpaired) electrons. The van der Waals surface area contributed by atoms with Crippen molar-refractivity contribution in [3.8, 4) is 0 Å². The van der Waals surface area contributed by atoms with Gasteiger partial charge in [0.1, 0.15) is 0 Å². The molecule has 6 rings (SSSR count). The van der Waals surface area contributed by atoms with Crippen molar-refractivity contribution in [2.24, 2.45) is 4.99 Å². The van der Waals surface area contributed by atoms with Crippen LogP contribution in [0.4, 0.5) is 5.69 Å². The van der Waals surface area contributed by atoms with Crippen molar-refractivity contribution in [1.29, 1.82) is 0 Å². The lowest BCUT2D eigenvalue weighted by Crippen LogP contribution is -2.38. The molecule has 5 heteroatoms. The number of pyridine rings is 1. The summed E-state index contributed by atoms with van der Waals surface area (Å²) in [7, 11) is 0. The van der Waals surface area contributed by atoms with Crippen molar-refractivity contribution in [2.75, 3.05) is 19.6 Å². The summed E-state index contributed by atoms with van der Waals surface area (Å²) in [6.45, 7) is 6.19. The second-order valence-electron chi connectivity index (χ2n) is 10.8. The van der Waals surface area contributed by atoms with Gasteiger partial charge < -0.3 is 10.3 Å². The molecular formula is C33H39N5. The van der Waals surface area contributed by atoms with Gasteiger partial charge in [-0.2, -0.15) is 0 Å². The van der Waals surface area contributed by atoms with Gasteiger partial charge >= 0.3 is 0 Å². The van der Waals surface area contributed by atoms with Crippen molar-refractivity contribution in [2.45, 2.75) is 64.0 Å². The number of aryl methyl sites for hydroxylation is 1. The molecule has 1 aliphatic heterocycles. The molecular weight excluding hydrogens is 466 g/mol. The quantitative estimate of drug-likeness (QED) is 0.214. The lowest BCUT2D eigenvalue weighted by Gasteiger charge is -2.35. The van der Waals surface area contributed by atoms with Crippen molar-refractivity contribution in [3.05, 3.63) is 95.4 Å². The van der Waals surface area contributed by atoms with Gasteiger partial charge in [0.15, 0.2) is 0 Å². The van der Waals surface area contributed by atoms with Crippen molar-refractivity contribution in [3.63, 3.8) is 0 Å². The molecule has 0 fully saturated rings. The van der Waals surface area contributed by atoms with Crippen LogP contribution in [0, 0.1) is 0 Å². The van der Waals surface area contributed by atoms with E-state index in [0.717, 1.165) is 57.5 Å². The highest BCUT2D eigenvalue weighted by Gasteiger charge is 2.31. The minimum atomic E-state index is 0.378. The van der Waals surface area contributed by atoms with Crippen LogP contribution in [0.25, 0.3) is 10.9 Å². The maximum absolute atomic E-state index is 5.14. The van der Waals surface area contributed by atoms with Crippen LogP contribution in [0.3, 0.4) is 0 Å². The first-order chi connectivity index (χ1) is 18.8. The summed E-state index contributed by atoms with van der Waals surface area (Å²) in [5, 5.41) is 4.93. The van der Waals surface area contributed by atoms with Gasteiger partial charge in [-0.3, -0.25) is 14.9 Å². The maximum atomic E-state index is 5.14. The van der Waals surface area contributed by atoms with Crippen LogP contribution in [0.5, 0.6) is 0 Å². The molecule has 2 aliphatic rings. The molecule has 0 saturated carbocycles. The molecule has 0 spiro atoms. The number of nitrogens with zero attached hydrogens (tertiary/aromatic N) is 3. The molecule has 2 aromatic heterocycles. The molecule has 0 amide bonds. The Morgan fingerprint density at radius 3 is 2.84 bits per heavy atom. The lowest BCUT2D eigenvalue weighted by atomic mass is 9.89. The molecule has 4 aromatic rings. The fourth-order valence-electron chi connectivity index (χ4n) is 6.41. The summed E-state index contributed by atoms with van der Waals surface area (Å²) in [6.07, 6.45) is 8.95. The number of para-hydroxylation sites is 2. The monoisotopic (exact) mass is 505 g/mol. The molecule has 0 saturated heterocycles. The zero-order valence-corrected chi connectivity index (χ0v) is 22.5. The standard InChI is InChI=1S/C33H39N5/c1-2-27-28-14-4-6-16-30(28)37-31(27)23-38(32-17-9-12-24-13-10-19-35-33(24)32)20-8-7-18-34-22-26-21-25-11-3-5-15-29(25)36-26/h3-6,10-11,13-16,19,21,27,32,34,36H,2,7-9,12,17-18,20,22-23H2,1H3. The number of aromatic nitrogens is 2. The van der Waals surface area contributed by atoms with Gasteiger partial charge in [-0.15, -0.1) is 0 Å². The smallest absolute Gasteiger partial charge is 0.0668 e. The molecule has 0 bridgehead atoms. The number of unbranched alkanes of at least 4 members (excludes halogenated alkanes) is 1. The number of hydrogen-bond donors (Lipinski definition) is 2. The molecule has 2 N–H and O–H groups in total. The highest BCUT2D eigenvalue weighted by molar-refractivity contribution is 5.99. The molecule has 2 unspecified atom stereocenters. The van der Waals surface area contributed by atoms with E-state index in [9.17, 15) is 0 Å². The Hall–Kier alpha value is -3.28. The normalized spacial score (nSPS) is 18.5. The van der Waals surface area contributed by atoms with Crippen LogP contribution in [0.15, 0.2) is 77.9 Å². The number of hydrogen-bond acceptors (Lipinski definition) is 4. The van der Waals surface area contributed by atoms with Gasteiger partial charge in [-0.1, -0.05) is 49.4 Å². The van der Waals surface area contributed by atoms with Crippen molar-refractivity contribution in [1.82, 2.24) is 20.2 Å². The summed E-state index contributed by atoms with van der Waals surface area (Å²) in [6, 6.07) is 24.2. The second kappa shape index (κ2) is 11.6. The molecule has 5 nitrogen and oxygen atoms in total. The number of nitrogens with one attached hydrogen (secondary N) is 2. The average Bonchev–Trinajstić information content (AvgIpc) is 3.54. The van der Waals surface area contributed by atoms with Crippen molar-refractivity contribution >= 4 is 22.3 Å². The van der Waals surface area contributed by atoms with Gasteiger partial charge in [0, 0.05) is 42.1 Å². The number of aliphatic imine (C=N–C) groups is 1. The van der Waals surface area contributed by atoms with Crippen LogP contribution in [-0.2, 0) is 13.0 Å². The highest BCUT2D eigenvalue weighted by atomic mass is 15.2. The summed E-state index contributed by atoms with van der Waals surface area (Å²) < 4.78 is 0. The first kappa shape index (κ1) is 25.0. The highest BCUT2D eigenvalue weighted by Crippen LogP contribution is 2.39. The van der Waals surface area contributed by atoms with Gasteiger partial charge in [0.05, 0.1) is 17.4 Å². The van der Waals surface area contributed by atoms with E-state index in [-0.39, 0.29) is 0 Å². The molecule has 2 aromatic carbocycles. The van der Waals surface area contributed by atoms with Crippen LogP contribution in [-0.4, -0.2) is 40.2 Å². The number of H-pyrrole nitrogens is 1. The predicted octanol–water partition coefficient (Wildman–Crippen LogP) is 7.09. The zero-order chi connectivity index (χ0) is 25.7. The third-order valence-electron chi connectivity index (χ3n) is 8.31. The summed E-state index contributed by atoms with van der Waals surface area (Å²) in [5.74, 6) is 0.429. The Balaban J connectivity index is 1.10. The Labute approximate surface area is 226 Å². The molecule has 196 valence electrons. The second-order valence-corrected chi connectivity index (χ2v) is 10.8. The van der Waals surface area contributed by atoms with E-state index in [1.807, 2.05) is 6.20 Å². The van der Waals surface area contributed by atoms with E-state index < -0.39 is 0 Å². The first-order valence-electron chi connectivity index (χ1n) is 14.4. The average molecular weight is 506 g/mol. The van der Waals surface area contributed by atoms with Gasteiger partial charge in [-0.05, 0) is 92.4 Å². The number of fused-ring (bicyclic) bond motifs is 3. The van der Waals surface area contributed by atoms with E-state index in [4.69, 9.17) is 9.98 Å². The summed E-state index contributed by atoms with van der Waals surface area (Å²) >= 11 is 0. The third kappa shape index (κ3) is 5.31. The number of aromatic amines is 1.